The minimum Gasteiger partial charge on any atom is -0.370 e. The van der Waals surface area contributed by atoms with Crippen LogP contribution in [0.15, 0.2) is 67.1 Å². The summed E-state index contributed by atoms with van der Waals surface area (Å²) in [5.74, 6) is 0. The number of nitrogens with zero attached hydrogens (tertiary/aromatic N) is 4. The highest BCUT2D eigenvalue weighted by molar-refractivity contribution is 6.11. The van der Waals surface area contributed by atoms with Crippen LogP contribution in [0.2, 0.25) is 0 Å². The number of benzene rings is 2. The first kappa shape index (κ1) is 18.1. The first-order valence-electron chi connectivity index (χ1n) is 10.8. The fourth-order valence-corrected chi connectivity index (χ4v) is 4.62. The molecule has 0 amide bonds. The van der Waals surface area contributed by atoms with Gasteiger partial charge in [-0.2, -0.15) is 5.10 Å². The van der Waals surface area contributed by atoms with Gasteiger partial charge >= 0.3 is 0 Å². The predicted octanol–water partition coefficient (Wildman–Crippen LogP) is 5.75. The molecule has 0 spiro atoms. The molecule has 0 aliphatic carbocycles. The highest BCUT2D eigenvalue weighted by Crippen LogP contribution is 2.35. The van der Waals surface area contributed by atoms with Gasteiger partial charge in [-0.3, -0.25) is 15.1 Å². The molecular weight excluding hydrogens is 382 g/mol. The van der Waals surface area contributed by atoms with Crippen LogP contribution in [-0.2, 0) is 0 Å². The summed E-state index contributed by atoms with van der Waals surface area (Å²) in [6, 6.07) is 17.2. The van der Waals surface area contributed by atoms with E-state index in [1.165, 1.54) is 24.1 Å². The van der Waals surface area contributed by atoms with Gasteiger partial charge in [0.25, 0.3) is 0 Å². The second-order valence-corrected chi connectivity index (χ2v) is 8.35. The highest BCUT2D eigenvalue weighted by Gasteiger charge is 2.15. The topological polar surface area (TPSA) is 57.7 Å². The van der Waals surface area contributed by atoms with E-state index in [9.17, 15) is 0 Å². The van der Waals surface area contributed by atoms with Crippen molar-refractivity contribution in [1.29, 1.82) is 0 Å². The van der Waals surface area contributed by atoms with Crippen molar-refractivity contribution in [3.63, 3.8) is 0 Å². The van der Waals surface area contributed by atoms with Crippen LogP contribution in [0.3, 0.4) is 0 Å². The predicted molar refractivity (Wildman–Crippen MR) is 126 cm³/mol. The SMILES string of the molecule is Cc1cccc(-c2n[nH]c3cnc4ccc(-c5cncc(N6CCCC6)c5)cc4c23)c1. The van der Waals surface area contributed by atoms with Gasteiger partial charge in [-0.05, 0) is 49.6 Å². The summed E-state index contributed by atoms with van der Waals surface area (Å²) in [5.41, 5.74) is 8.69. The van der Waals surface area contributed by atoms with Crippen LogP contribution in [0.25, 0.3) is 44.2 Å². The second-order valence-electron chi connectivity index (χ2n) is 8.35. The molecule has 5 nitrogen and oxygen atoms in total. The van der Waals surface area contributed by atoms with Crippen molar-refractivity contribution < 1.29 is 0 Å². The van der Waals surface area contributed by atoms with E-state index >= 15 is 0 Å². The number of hydrogen-bond donors (Lipinski definition) is 1. The number of rotatable bonds is 3. The van der Waals surface area contributed by atoms with E-state index < -0.39 is 0 Å². The van der Waals surface area contributed by atoms with Crippen LogP contribution >= 0.6 is 0 Å². The van der Waals surface area contributed by atoms with E-state index in [0.29, 0.717) is 0 Å². The van der Waals surface area contributed by atoms with Crippen LogP contribution in [0.4, 0.5) is 5.69 Å². The lowest BCUT2D eigenvalue weighted by Crippen LogP contribution is -2.17. The molecule has 0 unspecified atom stereocenters. The van der Waals surface area contributed by atoms with Crippen molar-refractivity contribution in [3.05, 3.63) is 72.7 Å². The molecule has 4 heterocycles. The molecule has 1 aliphatic heterocycles. The molecule has 1 fully saturated rings. The third kappa shape index (κ3) is 3.13. The summed E-state index contributed by atoms with van der Waals surface area (Å²) in [4.78, 5) is 11.6. The summed E-state index contributed by atoms with van der Waals surface area (Å²) in [6.45, 7) is 4.33. The first-order chi connectivity index (χ1) is 15.3. The minimum atomic E-state index is 0.949. The zero-order valence-electron chi connectivity index (χ0n) is 17.5. The van der Waals surface area contributed by atoms with E-state index in [-0.39, 0.29) is 0 Å². The Labute approximate surface area is 180 Å². The van der Waals surface area contributed by atoms with Gasteiger partial charge in [-0.25, -0.2) is 0 Å². The fourth-order valence-electron chi connectivity index (χ4n) is 4.62. The van der Waals surface area contributed by atoms with Crippen LogP contribution in [0.1, 0.15) is 18.4 Å². The lowest BCUT2D eigenvalue weighted by atomic mass is 9.99. The van der Waals surface area contributed by atoms with E-state index in [1.807, 2.05) is 18.6 Å². The maximum atomic E-state index is 4.65. The fraction of sp³-hybridized carbons (Fsp3) is 0.192. The third-order valence-electron chi connectivity index (χ3n) is 6.21. The van der Waals surface area contributed by atoms with Gasteiger partial charge in [0, 0.05) is 41.2 Å². The number of hydrogen-bond acceptors (Lipinski definition) is 4. The molecule has 2 aromatic carbocycles. The van der Waals surface area contributed by atoms with Crippen molar-refractivity contribution in [1.82, 2.24) is 20.2 Å². The van der Waals surface area contributed by atoms with Crippen LogP contribution < -0.4 is 4.90 Å². The Hall–Kier alpha value is -3.73. The van der Waals surface area contributed by atoms with Gasteiger partial charge in [0.1, 0.15) is 5.69 Å². The molecule has 1 aliphatic rings. The number of nitrogens with one attached hydrogen (secondary N) is 1. The van der Waals surface area contributed by atoms with Crippen molar-refractivity contribution in [2.75, 3.05) is 18.0 Å². The van der Waals surface area contributed by atoms with E-state index in [4.69, 9.17) is 0 Å². The number of fused-ring (bicyclic) bond motifs is 3. The molecule has 5 heteroatoms. The largest absolute Gasteiger partial charge is 0.370 e. The van der Waals surface area contributed by atoms with Crippen molar-refractivity contribution in [2.45, 2.75) is 19.8 Å². The van der Waals surface area contributed by atoms with Gasteiger partial charge in [-0.1, -0.05) is 29.8 Å². The zero-order chi connectivity index (χ0) is 20.8. The van der Waals surface area contributed by atoms with Crippen molar-refractivity contribution in [3.8, 4) is 22.4 Å². The Morgan fingerprint density at radius 3 is 2.65 bits per heavy atom. The summed E-state index contributed by atoms with van der Waals surface area (Å²) in [6.07, 6.45) is 8.31. The second kappa shape index (κ2) is 7.20. The number of anilines is 1. The molecule has 1 saturated heterocycles. The van der Waals surface area contributed by atoms with Gasteiger partial charge in [0.15, 0.2) is 0 Å². The Morgan fingerprint density at radius 2 is 1.77 bits per heavy atom. The Morgan fingerprint density at radius 1 is 0.871 bits per heavy atom. The average Bonchev–Trinajstić information content (AvgIpc) is 3.49. The van der Waals surface area contributed by atoms with E-state index in [1.54, 1.807) is 0 Å². The smallest absolute Gasteiger partial charge is 0.101 e. The highest BCUT2D eigenvalue weighted by atomic mass is 15.1. The molecule has 0 saturated carbocycles. The van der Waals surface area contributed by atoms with Gasteiger partial charge in [0.05, 0.1) is 29.1 Å². The van der Waals surface area contributed by atoms with Crippen molar-refractivity contribution in [2.24, 2.45) is 0 Å². The maximum absolute atomic E-state index is 4.65. The maximum Gasteiger partial charge on any atom is 0.101 e. The number of aromatic nitrogens is 4. The Kier molecular flexibility index (Phi) is 4.20. The summed E-state index contributed by atoms with van der Waals surface area (Å²) in [5, 5.41) is 10.0. The minimum absolute atomic E-state index is 0.949. The number of aromatic amines is 1. The molecule has 0 radical (unpaired) electrons. The van der Waals surface area contributed by atoms with Crippen LogP contribution in [0.5, 0.6) is 0 Å². The van der Waals surface area contributed by atoms with Gasteiger partial charge < -0.3 is 4.90 Å². The molecule has 5 aromatic rings. The first-order valence-corrected chi connectivity index (χ1v) is 10.8. The lowest BCUT2D eigenvalue weighted by molar-refractivity contribution is 0.949. The lowest BCUT2D eigenvalue weighted by Gasteiger charge is -2.17. The van der Waals surface area contributed by atoms with Crippen LogP contribution in [-0.4, -0.2) is 33.3 Å². The molecule has 1 N–H and O–H groups in total. The normalized spacial score (nSPS) is 14.0. The zero-order valence-corrected chi connectivity index (χ0v) is 17.5. The number of pyridine rings is 2. The molecule has 0 bridgehead atoms. The monoisotopic (exact) mass is 405 g/mol. The quantitative estimate of drug-likeness (QED) is 0.415. The third-order valence-corrected chi connectivity index (χ3v) is 6.21. The van der Waals surface area contributed by atoms with Crippen molar-refractivity contribution >= 4 is 27.5 Å². The van der Waals surface area contributed by atoms with Crippen LogP contribution in [0, 0.1) is 6.92 Å². The molecule has 3 aromatic heterocycles. The summed E-state index contributed by atoms with van der Waals surface area (Å²) < 4.78 is 0. The van der Waals surface area contributed by atoms with Gasteiger partial charge in [0.2, 0.25) is 0 Å². The average molecular weight is 406 g/mol. The standard InChI is InChI=1S/C26H23N5/c1-17-5-4-6-19(11-17)26-25-22-13-18(7-8-23(22)28-16-24(25)29-30-26)20-12-21(15-27-14-20)31-9-2-3-10-31/h4-8,11-16H,2-3,9-10H2,1H3,(H,29,30). The van der Waals surface area contributed by atoms with E-state index in [2.05, 4.69) is 80.5 Å². The number of H-pyrrole nitrogens is 1. The van der Waals surface area contributed by atoms with Gasteiger partial charge in [-0.15, -0.1) is 0 Å². The number of aryl methyl sites for hydroxylation is 1. The summed E-state index contributed by atoms with van der Waals surface area (Å²) in [7, 11) is 0. The van der Waals surface area contributed by atoms with E-state index in [0.717, 1.165) is 57.3 Å². The molecule has 31 heavy (non-hydrogen) atoms. The molecule has 6 rings (SSSR count). The molecular formula is C26H23N5. The molecule has 0 atom stereocenters. The Bertz CT molecular complexity index is 1410. The molecule has 152 valence electrons. The summed E-state index contributed by atoms with van der Waals surface area (Å²) >= 11 is 0. The Balaban J connectivity index is 1.53.